The second-order valence-corrected chi connectivity index (χ2v) is 7.56. The molecule has 1 aromatic carbocycles. The molecule has 1 aromatic heterocycles. The molecule has 0 saturated carbocycles. The highest BCUT2D eigenvalue weighted by Gasteiger charge is 2.25. The second kappa shape index (κ2) is 6.82. The van der Waals surface area contributed by atoms with E-state index in [1.54, 1.807) is 0 Å². The zero-order chi connectivity index (χ0) is 18.1. The van der Waals surface area contributed by atoms with Gasteiger partial charge in [0.2, 0.25) is 0 Å². The Labute approximate surface area is 153 Å². The first kappa shape index (κ1) is 17.4. The number of rotatable bonds is 3. The van der Waals surface area contributed by atoms with Gasteiger partial charge < -0.3 is 5.32 Å². The molecule has 25 heavy (non-hydrogen) atoms. The first-order valence-corrected chi connectivity index (χ1v) is 8.90. The van der Waals surface area contributed by atoms with Gasteiger partial charge in [-0.25, -0.2) is 0 Å². The number of benzene rings is 1. The number of nitriles is 1. The Bertz CT molecular complexity index is 917. The zero-order valence-electron chi connectivity index (χ0n) is 13.3. The summed E-state index contributed by atoms with van der Waals surface area (Å²) >= 11 is 7.42. The molecule has 0 unspecified atom stereocenters. The van der Waals surface area contributed by atoms with E-state index in [0.29, 0.717) is 16.5 Å². The van der Waals surface area contributed by atoms with Crippen LogP contribution in [0.5, 0.6) is 0 Å². The highest BCUT2D eigenvalue weighted by molar-refractivity contribution is 7.16. The van der Waals surface area contributed by atoms with Crippen LogP contribution in [-0.2, 0) is 12.8 Å². The molecule has 0 bridgehead atoms. The predicted octanol–water partition coefficient (Wildman–Crippen LogP) is 4.56. The van der Waals surface area contributed by atoms with Crippen molar-refractivity contribution in [2.75, 3.05) is 5.32 Å². The summed E-state index contributed by atoms with van der Waals surface area (Å²) in [6.45, 7) is 2.17. The van der Waals surface area contributed by atoms with Crippen molar-refractivity contribution < 1.29 is 9.72 Å². The van der Waals surface area contributed by atoms with Gasteiger partial charge in [-0.1, -0.05) is 18.5 Å². The van der Waals surface area contributed by atoms with Crippen LogP contribution < -0.4 is 5.32 Å². The maximum absolute atomic E-state index is 12.5. The average Bonchev–Trinajstić information content (AvgIpc) is 2.90. The molecule has 6 nitrogen and oxygen atoms in total. The summed E-state index contributed by atoms with van der Waals surface area (Å²) in [5.74, 6) is 0.0772. The maximum Gasteiger partial charge on any atom is 0.270 e. The Morgan fingerprint density at radius 3 is 2.92 bits per heavy atom. The van der Waals surface area contributed by atoms with Gasteiger partial charge in [0.25, 0.3) is 11.6 Å². The number of hydrogen-bond acceptors (Lipinski definition) is 5. The minimum Gasteiger partial charge on any atom is -0.312 e. The van der Waals surface area contributed by atoms with E-state index in [2.05, 4.69) is 18.3 Å². The topological polar surface area (TPSA) is 96.0 Å². The number of carbonyl (C=O) groups is 1. The second-order valence-electron chi connectivity index (χ2n) is 6.04. The number of carbonyl (C=O) groups excluding carboxylic acids is 1. The first-order valence-electron chi connectivity index (χ1n) is 7.70. The summed E-state index contributed by atoms with van der Waals surface area (Å²) in [7, 11) is 0. The molecule has 8 heteroatoms. The van der Waals surface area contributed by atoms with Crippen molar-refractivity contribution in [2.24, 2.45) is 5.92 Å². The smallest absolute Gasteiger partial charge is 0.270 e. The van der Waals surface area contributed by atoms with Crippen molar-refractivity contribution >= 4 is 39.5 Å². The standard InChI is InChI=1S/C17H14ClN3O3S/c1-9-2-4-11-13(8-19)17(25-15(11)6-9)20-16(22)12-5-3-10(21(23)24)7-14(12)18/h3,5,7,9H,2,4,6H2,1H3,(H,20,22)/t9-/m1/s1. The number of amides is 1. The fourth-order valence-corrected chi connectivity index (χ4v) is 4.55. The Balaban J connectivity index is 1.89. The average molecular weight is 376 g/mol. The quantitative estimate of drug-likeness (QED) is 0.628. The van der Waals surface area contributed by atoms with Crippen LogP contribution in [-0.4, -0.2) is 10.8 Å². The third-order valence-corrected chi connectivity index (χ3v) is 5.74. The van der Waals surface area contributed by atoms with Crippen molar-refractivity contribution in [1.82, 2.24) is 0 Å². The molecule has 2 aromatic rings. The van der Waals surface area contributed by atoms with E-state index in [4.69, 9.17) is 11.6 Å². The van der Waals surface area contributed by atoms with E-state index >= 15 is 0 Å². The Morgan fingerprint density at radius 1 is 1.52 bits per heavy atom. The minimum absolute atomic E-state index is 0.000138. The van der Waals surface area contributed by atoms with Crippen LogP contribution in [0.4, 0.5) is 10.7 Å². The lowest BCUT2D eigenvalue weighted by Crippen LogP contribution is -2.13. The molecule has 1 heterocycles. The van der Waals surface area contributed by atoms with E-state index in [9.17, 15) is 20.2 Å². The van der Waals surface area contributed by atoms with E-state index in [1.807, 2.05) is 0 Å². The van der Waals surface area contributed by atoms with Crippen LogP contribution in [0.3, 0.4) is 0 Å². The van der Waals surface area contributed by atoms with E-state index in [1.165, 1.54) is 23.5 Å². The number of hydrogen-bond donors (Lipinski definition) is 1. The molecule has 0 aliphatic heterocycles. The fourth-order valence-electron chi connectivity index (χ4n) is 2.93. The molecule has 128 valence electrons. The number of halogens is 1. The zero-order valence-corrected chi connectivity index (χ0v) is 14.9. The molecule has 1 amide bonds. The Kier molecular flexibility index (Phi) is 4.75. The van der Waals surface area contributed by atoms with Crippen molar-refractivity contribution in [1.29, 1.82) is 5.26 Å². The number of nitrogens with one attached hydrogen (secondary N) is 1. The number of thiophene rings is 1. The summed E-state index contributed by atoms with van der Waals surface area (Å²) < 4.78 is 0. The molecular formula is C17H14ClN3O3S. The first-order chi connectivity index (χ1) is 11.9. The lowest BCUT2D eigenvalue weighted by atomic mass is 9.88. The number of nitro benzene ring substituents is 1. The van der Waals surface area contributed by atoms with Gasteiger partial charge in [-0.3, -0.25) is 14.9 Å². The van der Waals surface area contributed by atoms with E-state index in [0.717, 1.165) is 35.8 Å². The van der Waals surface area contributed by atoms with Crippen molar-refractivity contribution in [3.63, 3.8) is 0 Å². The summed E-state index contributed by atoms with van der Waals surface area (Å²) in [5, 5.41) is 23.5. The highest BCUT2D eigenvalue weighted by atomic mass is 35.5. The summed E-state index contributed by atoms with van der Waals surface area (Å²) in [5.41, 5.74) is 1.49. The van der Waals surface area contributed by atoms with Crippen LogP contribution >= 0.6 is 22.9 Å². The van der Waals surface area contributed by atoms with Crippen LogP contribution in [0.25, 0.3) is 0 Å². The Morgan fingerprint density at radius 2 is 2.28 bits per heavy atom. The van der Waals surface area contributed by atoms with Gasteiger partial charge in [0.1, 0.15) is 11.1 Å². The van der Waals surface area contributed by atoms with E-state index < -0.39 is 10.8 Å². The van der Waals surface area contributed by atoms with Crippen molar-refractivity contribution in [2.45, 2.75) is 26.2 Å². The maximum atomic E-state index is 12.5. The van der Waals surface area contributed by atoms with Gasteiger partial charge in [0, 0.05) is 17.0 Å². The number of fused-ring (bicyclic) bond motifs is 1. The molecule has 3 rings (SSSR count). The van der Waals surface area contributed by atoms with Gasteiger partial charge in [0.05, 0.1) is 21.1 Å². The molecule has 1 aliphatic rings. The number of nitro groups is 1. The molecule has 1 N–H and O–H groups in total. The number of nitrogens with zero attached hydrogens (tertiary/aromatic N) is 2. The molecule has 0 spiro atoms. The van der Waals surface area contributed by atoms with Crippen LogP contribution in [0, 0.1) is 27.4 Å². The molecule has 0 fully saturated rings. The third-order valence-electron chi connectivity index (χ3n) is 4.26. The molecule has 1 atom stereocenters. The molecule has 0 saturated heterocycles. The molecule has 0 radical (unpaired) electrons. The molecular weight excluding hydrogens is 362 g/mol. The SMILES string of the molecule is C[C@@H]1CCc2c(sc(NC(=O)c3ccc([N+](=O)[O-])cc3Cl)c2C#N)C1. The van der Waals surface area contributed by atoms with Crippen LogP contribution in [0.1, 0.15) is 39.7 Å². The van der Waals surface area contributed by atoms with E-state index in [-0.39, 0.29) is 16.3 Å². The van der Waals surface area contributed by atoms with Gasteiger partial charge in [0.15, 0.2) is 0 Å². The summed E-state index contributed by atoms with van der Waals surface area (Å²) in [6, 6.07) is 5.88. The van der Waals surface area contributed by atoms with Crippen molar-refractivity contribution in [3.05, 3.63) is 54.9 Å². The predicted molar refractivity (Wildman–Crippen MR) is 96.3 cm³/mol. The monoisotopic (exact) mass is 375 g/mol. The fraction of sp³-hybridized carbons (Fsp3) is 0.294. The lowest BCUT2D eigenvalue weighted by Gasteiger charge is -2.17. The Hall–Kier alpha value is -2.43. The number of non-ortho nitro benzene ring substituents is 1. The molecule has 1 aliphatic carbocycles. The van der Waals surface area contributed by atoms with Gasteiger partial charge in [-0.15, -0.1) is 11.3 Å². The lowest BCUT2D eigenvalue weighted by molar-refractivity contribution is -0.384. The number of anilines is 1. The normalized spacial score (nSPS) is 16.0. The highest BCUT2D eigenvalue weighted by Crippen LogP contribution is 2.39. The van der Waals surface area contributed by atoms with Crippen LogP contribution in [0.15, 0.2) is 18.2 Å². The van der Waals surface area contributed by atoms with Crippen molar-refractivity contribution in [3.8, 4) is 6.07 Å². The van der Waals surface area contributed by atoms with Gasteiger partial charge in [-0.05, 0) is 36.8 Å². The van der Waals surface area contributed by atoms with Gasteiger partial charge >= 0.3 is 0 Å². The third kappa shape index (κ3) is 3.36. The summed E-state index contributed by atoms with van der Waals surface area (Å²) in [6.07, 6.45) is 2.77. The largest absolute Gasteiger partial charge is 0.312 e. The minimum atomic E-state index is -0.574. The van der Waals surface area contributed by atoms with Crippen LogP contribution in [0.2, 0.25) is 5.02 Å². The van der Waals surface area contributed by atoms with Gasteiger partial charge in [-0.2, -0.15) is 5.26 Å². The summed E-state index contributed by atoms with van der Waals surface area (Å²) in [4.78, 5) is 23.8.